The van der Waals surface area contributed by atoms with Crippen LogP contribution in [0.15, 0.2) is 72.1 Å². The molecule has 0 heterocycles. The third-order valence-electron chi connectivity index (χ3n) is 5.71. The van der Waals surface area contributed by atoms with Crippen LogP contribution in [0, 0.1) is 0 Å². The Labute approximate surface area is 234 Å². The van der Waals surface area contributed by atoms with E-state index in [1.807, 2.05) is 30.3 Å². The molecule has 0 aromatic heterocycles. The predicted molar refractivity (Wildman–Crippen MR) is 151 cm³/mol. The number of carbonyl (C=O) groups is 1. The van der Waals surface area contributed by atoms with Crippen molar-refractivity contribution >= 4 is 21.9 Å². The van der Waals surface area contributed by atoms with E-state index >= 15 is 0 Å². The average Bonchev–Trinajstić information content (AvgIpc) is 2.91. The van der Waals surface area contributed by atoms with Gasteiger partial charge in [-0.2, -0.15) is 0 Å². The molecule has 2 N–H and O–H groups in total. The van der Waals surface area contributed by atoms with Gasteiger partial charge in [-0.15, -0.1) is 0 Å². The van der Waals surface area contributed by atoms with Crippen LogP contribution in [0.2, 0.25) is 0 Å². The van der Waals surface area contributed by atoms with Crippen LogP contribution >= 0.6 is 0 Å². The fraction of sp³-hybridized carbons (Fsp3) is 0.300. The molecule has 3 aromatic carbocycles. The third kappa shape index (κ3) is 9.11. The quantitative estimate of drug-likeness (QED) is 0.199. The van der Waals surface area contributed by atoms with Crippen molar-refractivity contribution in [2.75, 3.05) is 19.0 Å². The number of phenolic OH excluding ortho intramolecular Hbond substituents is 2. The van der Waals surface area contributed by atoms with Crippen LogP contribution in [0.5, 0.6) is 23.0 Å². The zero-order valence-electron chi connectivity index (χ0n) is 22.6. The minimum absolute atomic E-state index is 0.0248. The van der Waals surface area contributed by atoms with Gasteiger partial charge in [0.25, 0.3) is 0 Å². The van der Waals surface area contributed by atoms with Crippen molar-refractivity contribution in [3.63, 3.8) is 0 Å². The summed E-state index contributed by atoms with van der Waals surface area (Å²) in [6.45, 7) is 5.55. The Kier molecular flexibility index (Phi) is 11.1. The fourth-order valence-corrected chi connectivity index (χ4v) is 5.15. The van der Waals surface area contributed by atoms with Crippen LogP contribution in [0.1, 0.15) is 43.6 Å². The van der Waals surface area contributed by atoms with Gasteiger partial charge >= 0.3 is 5.97 Å². The first kappa shape index (κ1) is 30.7. The first-order valence-corrected chi connectivity index (χ1v) is 14.5. The van der Waals surface area contributed by atoms with Crippen molar-refractivity contribution in [3.8, 4) is 23.0 Å². The summed E-state index contributed by atoms with van der Waals surface area (Å²) >= 11 is 0. The zero-order chi connectivity index (χ0) is 29.1. The van der Waals surface area contributed by atoms with Crippen molar-refractivity contribution in [1.29, 1.82) is 0 Å². The van der Waals surface area contributed by atoms with E-state index in [9.17, 15) is 23.4 Å². The normalized spacial score (nSPS) is 13.2. The second kappa shape index (κ2) is 14.5. The molecule has 2 unspecified atom stereocenters. The summed E-state index contributed by atoms with van der Waals surface area (Å²) in [4.78, 5) is 11.1. The maximum Gasteiger partial charge on any atom is 0.308 e. The SMILES string of the molecule is CCOC(CS(=O)(=O)/C=C/c1ccc(OC(C)=O)c(O)c1)C(OCC)c1ccc(OCc2ccccc2)c(O)c1. The van der Waals surface area contributed by atoms with E-state index in [2.05, 4.69) is 0 Å². The Morgan fingerprint density at radius 1 is 0.900 bits per heavy atom. The van der Waals surface area contributed by atoms with Gasteiger partial charge in [0.15, 0.2) is 32.8 Å². The minimum Gasteiger partial charge on any atom is -0.504 e. The van der Waals surface area contributed by atoms with E-state index in [0.717, 1.165) is 11.0 Å². The predicted octanol–water partition coefficient (Wildman–Crippen LogP) is 5.17. The molecule has 2 atom stereocenters. The Morgan fingerprint density at radius 2 is 1.57 bits per heavy atom. The molecule has 0 fully saturated rings. The summed E-state index contributed by atoms with van der Waals surface area (Å²) in [5.74, 6) is -1.12. The summed E-state index contributed by atoms with van der Waals surface area (Å²) in [6, 6.07) is 18.5. The van der Waals surface area contributed by atoms with Gasteiger partial charge in [0.1, 0.15) is 18.8 Å². The molecule has 0 saturated carbocycles. The molecule has 0 aliphatic heterocycles. The van der Waals surface area contributed by atoms with Crippen LogP contribution in [0.4, 0.5) is 0 Å². The van der Waals surface area contributed by atoms with Gasteiger partial charge < -0.3 is 29.2 Å². The molecule has 3 aromatic rings. The molecule has 3 rings (SSSR count). The molecule has 40 heavy (non-hydrogen) atoms. The largest absolute Gasteiger partial charge is 0.504 e. The molecule has 0 radical (unpaired) electrons. The second-order valence-electron chi connectivity index (χ2n) is 8.82. The number of aromatic hydroxyl groups is 2. The highest BCUT2D eigenvalue weighted by Gasteiger charge is 2.29. The van der Waals surface area contributed by atoms with Crippen LogP contribution in [0.3, 0.4) is 0 Å². The number of benzene rings is 3. The Bertz CT molecular complexity index is 1400. The van der Waals surface area contributed by atoms with Crippen LogP contribution < -0.4 is 9.47 Å². The maximum atomic E-state index is 13.0. The van der Waals surface area contributed by atoms with Crippen molar-refractivity contribution < 1.29 is 42.4 Å². The monoisotopic (exact) mass is 570 g/mol. The van der Waals surface area contributed by atoms with E-state index in [-0.39, 0.29) is 42.8 Å². The van der Waals surface area contributed by atoms with Crippen molar-refractivity contribution in [2.24, 2.45) is 0 Å². The summed E-state index contributed by atoms with van der Waals surface area (Å²) in [7, 11) is -3.81. The molecule has 0 bridgehead atoms. The van der Waals surface area contributed by atoms with Gasteiger partial charge in [-0.3, -0.25) is 4.79 Å². The van der Waals surface area contributed by atoms with Crippen molar-refractivity contribution in [2.45, 2.75) is 39.6 Å². The van der Waals surface area contributed by atoms with Crippen LogP contribution in [-0.4, -0.2) is 49.7 Å². The van der Waals surface area contributed by atoms with Gasteiger partial charge in [-0.05, 0) is 60.9 Å². The Hall–Kier alpha value is -3.86. The number of carbonyl (C=O) groups excluding carboxylic acids is 1. The van der Waals surface area contributed by atoms with Gasteiger partial charge in [0.05, 0.1) is 5.75 Å². The zero-order valence-corrected chi connectivity index (χ0v) is 23.5. The molecular formula is C30H34O9S. The lowest BCUT2D eigenvalue weighted by atomic mass is 10.0. The lowest BCUT2D eigenvalue weighted by molar-refractivity contribution is -0.132. The molecule has 0 saturated heterocycles. The van der Waals surface area contributed by atoms with Crippen LogP contribution in [0.25, 0.3) is 6.08 Å². The number of hydrogen-bond donors (Lipinski definition) is 2. The first-order valence-electron chi connectivity index (χ1n) is 12.8. The smallest absolute Gasteiger partial charge is 0.308 e. The lowest BCUT2D eigenvalue weighted by Crippen LogP contribution is -2.31. The molecule has 9 nitrogen and oxygen atoms in total. The number of sulfone groups is 1. The van der Waals surface area contributed by atoms with Gasteiger partial charge in [-0.25, -0.2) is 8.42 Å². The van der Waals surface area contributed by atoms with Gasteiger partial charge in [0.2, 0.25) is 0 Å². The topological polar surface area (TPSA) is 129 Å². The van der Waals surface area contributed by atoms with Crippen LogP contribution in [-0.2, 0) is 30.7 Å². The molecular weight excluding hydrogens is 536 g/mol. The lowest BCUT2D eigenvalue weighted by Gasteiger charge is -2.27. The first-order chi connectivity index (χ1) is 19.1. The number of phenols is 2. The van der Waals surface area contributed by atoms with E-state index in [1.165, 1.54) is 37.3 Å². The molecule has 0 spiro atoms. The number of rotatable bonds is 14. The highest BCUT2D eigenvalue weighted by atomic mass is 32.2. The summed E-state index contributed by atoms with van der Waals surface area (Å²) < 4.78 is 48.4. The third-order valence-corrected chi connectivity index (χ3v) is 7.06. The molecule has 0 aliphatic carbocycles. The standard InChI is InChI=1S/C30H34O9S/c1-4-36-29(20-40(34,35)16-15-22-11-13-28(25(32)17-22)39-21(3)31)30(37-5-2)24-12-14-27(26(33)18-24)38-19-23-9-7-6-8-10-23/h6-18,29-30,32-33H,4-5,19-20H2,1-3H3/b16-15+. The Morgan fingerprint density at radius 3 is 2.20 bits per heavy atom. The number of hydrogen-bond acceptors (Lipinski definition) is 9. The van der Waals surface area contributed by atoms with E-state index in [0.29, 0.717) is 11.1 Å². The number of ether oxygens (including phenoxy) is 4. The van der Waals surface area contributed by atoms with Gasteiger partial charge in [-0.1, -0.05) is 42.5 Å². The minimum atomic E-state index is -3.81. The second-order valence-corrected chi connectivity index (χ2v) is 10.8. The van der Waals surface area contributed by atoms with E-state index in [1.54, 1.807) is 26.0 Å². The molecule has 0 amide bonds. The van der Waals surface area contributed by atoms with E-state index < -0.39 is 33.8 Å². The number of esters is 1. The average molecular weight is 571 g/mol. The van der Waals surface area contributed by atoms with Gasteiger partial charge in [0, 0.05) is 25.5 Å². The highest BCUT2D eigenvalue weighted by molar-refractivity contribution is 7.94. The summed E-state index contributed by atoms with van der Waals surface area (Å²) in [5.41, 5.74) is 1.88. The summed E-state index contributed by atoms with van der Waals surface area (Å²) in [6.07, 6.45) is -0.334. The Balaban J connectivity index is 1.77. The molecule has 0 aliphatic rings. The molecule has 214 valence electrons. The summed E-state index contributed by atoms with van der Waals surface area (Å²) in [5, 5.41) is 21.7. The fourth-order valence-electron chi connectivity index (χ4n) is 3.95. The highest BCUT2D eigenvalue weighted by Crippen LogP contribution is 2.34. The molecule has 10 heteroatoms. The maximum absolute atomic E-state index is 13.0. The van der Waals surface area contributed by atoms with Crippen molar-refractivity contribution in [1.82, 2.24) is 0 Å². The van der Waals surface area contributed by atoms with E-state index in [4.69, 9.17) is 18.9 Å². The van der Waals surface area contributed by atoms with Crippen molar-refractivity contribution in [3.05, 3.63) is 88.8 Å².